The van der Waals surface area contributed by atoms with E-state index >= 15 is 0 Å². The maximum Gasteiger partial charge on any atom is 0.511 e. The second-order valence-corrected chi connectivity index (χ2v) is 11.5. The van der Waals surface area contributed by atoms with Crippen molar-refractivity contribution in [2.45, 2.75) is 50.7 Å². The average molecular weight is 573 g/mol. The highest BCUT2D eigenvalue weighted by atomic mass is 35.5. The number of aromatic nitrogens is 1. The summed E-state index contributed by atoms with van der Waals surface area (Å²) in [6.07, 6.45) is 3.84. The van der Waals surface area contributed by atoms with E-state index in [1.807, 2.05) is 30.3 Å². The Morgan fingerprint density at radius 1 is 1.13 bits per heavy atom. The SMILES string of the molecule is O=C(O)Oc1csc2cc(N3CCCC(OCc4c(-c5c(Cl)cccc5Cl)noc4C4CC4)CC3)ccc12. The minimum atomic E-state index is -1.30. The first kappa shape index (κ1) is 25.5. The van der Waals surface area contributed by atoms with Gasteiger partial charge in [-0.3, -0.25) is 0 Å². The van der Waals surface area contributed by atoms with Gasteiger partial charge in [-0.1, -0.05) is 34.4 Å². The third kappa shape index (κ3) is 5.23. The number of ether oxygens (including phenoxy) is 2. The molecule has 0 spiro atoms. The van der Waals surface area contributed by atoms with Gasteiger partial charge in [0.05, 0.1) is 22.8 Å². The van der Waals surface area contributed by atoms with Gasteiger partial charge in [0.1, 0.15) is 11.5 Å². The number of anilines is 1. The van der Waals surface area contributed by atoms with E-state index in [2.05, 4.69) is 16.1 Å². The van der Waals surface area contributed by atoms with Gasteiger partial charge in [0.25, 0.3) is 0 Å². The first-order valence-electron chi connectivity index (χ1n) is 12.7. The minimum absolute atomic E-state index is 0.109. The molecule has 198 valence electrons. The average Bonchev–Trinajstić information content (AvgIpc) is 3.61. The Hall–Kier alpha value is -2.78. The first-order chi connectivity index (χ1) is 18.5. The Morgan fingerprint density at radius 3 is 2.71 bits per heavy atom. The van der Waals surface area contributed by atoms with E-state index in [9.17, 15) is 4.79 Å². The number of thiophene rings is 1. The summed E-state index contributed by atoms with van der Waals surface area (Å²) in [5.41, 5.74) is 3.44. The quantitative estimate of drug-likeness (QED) is 0.222. The van der Waals surface area contributed by atoms with Crippen molar-refractivity contribution in [2.75, 3.05) is 18.0 Å². The van der Waals surface area contributed by atoms with Crippen LogP contribution in [0.4, 0.5) is 10.5 Å². The lowest BCUT2D eigenvalue weighted by atomic mass is 10.0. The van der Waals surface area contributed by atoms with Crippen LogP contribution in [0.5, 0.6) is 5.75 Å². The molecule has 1 atom stereocenters. The van der Waals surface area contributed by atoms with Crippen LogP contribution in [0.2, 0.25) is 10.0 Å². The van der Waals surface area contributed by atoms with Crippen molar-refractivity contribution in [1.29, 1.82) is 0 Å². The summed E-state index contributed by atoms with van der Waals surface area (Å²) in [6, 6.07) is 11.5. The Balaban J connectivity index is 1.15. The number of halogens is 2. The monoisotopic (exact) mass is 572 g/mol. The summed E-state index contributed by atoms with van der Waals surface area (Å²) >= 11 is 14.5. The lowest BCUT2D eigenvalue weighted by Crippen LogP contribution is -2.24. The molecule has 4 aromatic rings. The van der Waals surface area contributed by atoms with E-state index < -0.39 is 6.16 Å². The lowest BCUT2D eigenvalue weighted by molar-refractivity contribution is 0.0328. The fourth-order valence-corrected chi connectivity index (χ4v) is 6.57. The summed E-state index contributed by atoms with van der Waals surface area (Å²) < 4.78 is 18.2. The highest BCUT2D eigenvalue weighted by Gasteiger charge is 2.34. The van der Waals surface area contributed by atoms with Gasteiger partial charge >= 0.3 is 6.16 Å². The normalized spacial score (nSPS) is 18.1. The topological polar surface area (TPSA) is 85.0 Å². The second kappa shape index (κ2) is 10.8. The molecule has 7 nitrogen and oxygen atoms in total. The van der Waals surface area contributed by atoms with Crippen molar-refractivity contribution in [3.8, 4) is 17.0 Å². The molecule has 1 aliphatic carbocycles. The maximum atomic E-state index is 10.9. The number of rotatable bonds is 7. The van der Waals surface area contributed by atoms with Crippen molar-refractivity contribution < 1.29 is 23.9 Å². The van der Waals surface area contributed by atoms with E-state index in [0.717, 1.165) is 72.3 Å². The van der Waals surface area contributed by atoms with Crippen LogP contribution in [-0.2, 0) is 11.3 Å². The Labute approximate surface area is 233 Å². The number of carboxylic acid groups (broad SMARTS) is 1. The van der Waals surface area contributed by atoms with Crippen LogP contribution in [-0.4, -0.2) is 35.6 Å². The minimum Gasteiger partial charge on any atom is -0.449 e. The van der Waals surface area contributed by atoms with Gasteiger partial charge in [-0.2, -0.15) is 0 Å². The molecular weight excluding hydrogens is 547 g/mol. The van der Waals surface area contributed by atoms with E-state index in [0.29, 0.717) is 39.6 Å². The van der Waals surface area contributed by atoms with Gasteiger partial charge in [-0.15, -0.1) is 11.3 Å². The van der Waals surface area contributed by atoms with Crippen LogP contribution in [0.3, 0.4) is 0 Å². The molecule has 3 heterocycles. The zero-order valence-electron chi connectivity index (χ0n) is 20.5. The molecule has 38 heavy (non-hydrogen) atoms. The first-order valence-corrected chi connectivity index (χ1v) is 14.3. The van der Waals surface area contributed by atoms with Crippen molar-refractivity contribution in [1.82, 2.24) is 5.16 Å². The predicted molar refractivity (Wildman–Crippen MR) is 149 cm³/mol. The third-order valence-corrected chi connectivity index (χ3v) is 8.74. The number of nitrogens with zero attached hydrogens (tertiary/aromatic N) is 2. The zero-order valence-corrected chi connectivity index (χ0v) is 22.8. The fourth-order valence-electron chi connectivity index (χ4n) is 5.10. The van der Waals surface area contributed by atoms with Crippen LogP contribution in [0.25, 0.3) is 21.3 Å². The molecule has 2 aliphatic rings. The standard InChI is InChI=1S/C28H26Cl2N2O5S/c29-21-4-1-5-22(30)25(21)26-20(27(37-31-26)16-6-7-16)14-35-18-3-2-11-32(12-10-18)17-8-9-19-23(36-28(33)34)15-38-24(19)13-17/h1,4-5,8-9,13,15-16,18H,2-3,6-7,10-12,14H2,(H,33,34). The van der Waals surface area contributed by atoms with Gasteiger partial charge < -0.3 is 24.0 Å². The third-order valence-electron chi connectivity index (χ3n) is 7.19. The molecule has 2 aromatic carbocycles. The zero-order chi connectivity index (χ0) is 26.2. The number of hydrogen-bond acceptors (Lipinski definition) is 7. The van der Waals surface area contributed by atoms with E-state index in [4.69, 9.17) is 42.3 Å². The molecule has 1 saturated carbocycles. The number of carbonyl (C=O) groups is 1. The van der Waals surface area contributed by atoms with Crippen molar-refractivity contribution in [2.24, 2.45) is 0 Å². The van der Waals surface area contributed by atoms with Gasteiger partial charge in [0.15, 0.2) is 5.75 Å². The highest BCUT2D eigenvalue weighted by molar-refractivity contribution is 7.17. The summed E-state index contributed by atoms with van der Waals surface area (Å²) in [5.74, 6) is 1.65. The van der Waals surface area contributed by atoms with Crippen molar-refractivity contribution >= 4 is 56.5 Å². The summed E-state index contributed by atoms with van der Waals surface area (Å²) in [6.45, 7) is 2.20. The lowest BCUT2D eigenvalue weighted by Gasteiger charge is -2.23. The van der Waals surface area contributed by atoms with Gasteiger partial charge in [0.2, 0.25) is 0 Å². The summed E-state index contributed by atoms with van der Waals surface area (Å²) in [7, 11) is 0. The summed E-state index contributed by atoms with van der Waals surface area (Å²) in [5, 5.41) is 17.0. The highest BCUT2D eigenvalue weighted by Crippen LogP contribution is 2.46. The van der Waals surface area contributed by atoms with Gasteiger partial charge in [-0.05, 0) is 62.4 Å². The molecule has 10 heteroatoms. The molecule has 6 rings (SSSR count). The Kier molecular flexibility index (Phi) is 7.22. The maximum absolute atomic E-state index is 10.9. The second-order valence-electron chi connectivity index (χ2n) is 9.74. The van der Waals surface area contributed by atoms with E-state index in [1.165, 1.54) is 11.3 Å². The van der Waals surface area contributed by atoms with E-state index in [1.54, 1.807) is 5.38 Å². The van der Waals surface area contributed by atoms with Gasteiger partial charge in [0, 0.05) is 51.3 Å². The van der Waals surface area contributed by atoms with Crippen LogP contribution in [0.1, 0.15) is 49.3 Å². The van der Waals surface area contributed by atoms with Crippen molar-refractivity contribution in [3.05, 3.63) is 63.1 Å². The molecular formula is C28H26Cl2N2O5S. The molecule has 1 aliphatic heterocycles. The van der Waals surface area contributed by atoms with Crippen molar-refractivity contribution in [3.63, 3.8) is 0 Å². The molecule has 1 unspecified atom stereocenters. The molecule has 0 bridgehead atoms. The molecule has 0 radical (unpaired) electrons. The molecule has 2 fully saturated rings. The smallest absolute Gasteiger partial charge is 0.449 e. The Bertz CT molecular complexity index is 1460. The van der Waals surface area contributed by atoms with Crippen LogP contribution >= 0.6 is 34.5 Å². The summed E-state index contributed by atoms with van der Waals surface area (Å²) in [4.78, 5) is 13.3. The molecule has 0 amide bonds. The van der Waals surface area contributed by atoms with Crippen LogP contribution in [0, 0.1) is 0 Å². The largest absolute Gasteiger partial charge is 0.511 e. The fraction of sp³-hybridized carbons (Fsp3) is 0.357. The molecule has 1 N–H and O–H groups in total. The Morgan fingerprint density at radius 2 is 1.95 bits per heavy atom. The number of hydrogen-bond donors (Lipinski definition) is 1. The van der Waals surface area contributed by atoms with Gasteiger partial charge in [-0.25, -0.2) is 4.79 Å². The molecule has 1 saturated heterocycles. The van der Waals surface area contributed by atoms with Crippen LogP contribution < -0.4 is 9.64 Å². The molecule has 2 aromatic heterocycles. The van der Waals surface area contributed by atoms with E-state index in [-0.39, 0.29) is 6.10 Å². The number of benzene rings is 2. The van der Waals surface area contributed by atoms with Crippen LogP contribution in [0.15, 0.2) is 46.3 Å². The predicted octanol–water partition coefficient (Wildman–Crippen LogP) is 8.37. The number of fused-ring (bicyclic) bond motifs is 1.